The number of benzene rings is 2. The van der Waals surface area contributed by atoms with E-state index in [-0.39, 0.29) is 12.4 Å². The number of rotatable bonds is 3. The fraction of sp³-hybridized carbons (Fsp3) is 0.333. The Morgan fingerprint density at radius 2 is 1.95 bits per heavy atom. The predicted molar refractivity (Wildman–Crippen MR) is 92.4 cm³/mol. The van der Waals surface area contributed by atoms with Crippen molar-refractivity contribution in [3.05, 3.63) is 65.2 Å². The number of hydrogen-bond acceptors (Lipinski definition) is 2. The highest BCUT2D eigenvalue weighted by molar-refractivity contribution is 5.85. The minimum absolute atomic E-state index is 0. The van der Waals surface area contributed by atoms with Gasteiger partial charge in [-0.15, -0.1) is 12.4 Å². The van der Waals surface area contributed by atoms with Crippen molar-refractivity contribution in [2.24, 2.45) is 0 Å². The van der Waals surface area contributed by atoms with E-state index >= 15 is 0 Å². The zero-order valence-electron chi connectivity index (χ0n) is 12.4. The summed E-state index contributed by atoms with van der Waals surface area (Å²) in [6.45, 7) is 5.35. The highest BCUT2D eigenvalue weighted by Crippen LogP contribution is 2.25. The lowest BCUT2D eigenvalue weighted by Gasteiger charge is -2.15. The number of fused-ring (bicyclic) bond motifs is 1. The van der Waals surface area contributed by atoms with Crippen LogP contribution in [-0.4, -0.2) is 13.1 Å². The molecule has 3 rings (SSSR count). The summed E-state index contributed by atoms with van der Waals surface area (Å²) in [7, 11) is 0. The lowest BCUT2D eigenvalue weighted by Crippen LogP contribution is -2.18. The third-order valence-corrected chi connectivity index (χ3v) is 4.04. The smallest absolute Gasteiger partial charge is 0.0400 e. The highest BCUT2D eigenvalue weighted by Gasteiger charge is 2.14. The average molecular weight is 303 g/mol. The van der Waals surface area contributed by atoms with Crippen LogP contribution in [0.1, 0.15) is 29.5 Å². The molecule has 0 aromatic heterocycles. The fourth-order valence-corrected chi connectivity index (χ4v) is 2.84. The molecule has 0 spiro atoms. The summed E-state index contributed by atoms with van der Waals surface area (Å²) in [5, 5.41) is 7.03. The van der Waals surface area contributed by atoms with Gasteiger partial charge in [0.05, 0.1) is 0 Å². The maximum Gasteiger partial charge on any atom is 0.0400 e. The molecular formula is C18H23ClN2. The van der Waals surface area contributed by atoms with Crippen molar-refractivity contribution in [1.82, 2.24) is 5.32 Å². The molecule has 2 N–H and O–H groups in total. The van der Waals surface area contributed by atoms with Gasteiger partial charge in [-0.25, -0.2) is 0 Å². The topological polar surface area (TPSA) is 24.1 Å². The van der Waals surface area contributed by atoms with Gasteiger partial charge in [0, 0.05) is 18.8 Å². The second kappa shape index (κ2) is 7.48. The largest absolute Gasteiger partial charge is 0.381 e. The van der Waals surface area contributed by atoms with E-state index in [9.17, 15) is 0 Å². The lowest BCUT2D eigenvalue weighted by molar-refractivity contribution is 0.644. The molecule has 1 atom stereocenters. The van der Waals surface area contributed by atoms with Crippen molar-refractivity contribution in [1.29, 1.82) is 0 Å². The van der Waals surface area contributed by atoms with Gasteiger partial charge in [-0.3, -0.25) is 0 Å². The Morgan fingerprint density at radius 1 is 1.14 bits per heavy atom. The zero-order valence-corrected chi connectivity index (χ0v) is 13.2. The third-order valence-electron chi connectivity index (χ3n) is 4.04. The Labute approximate surface area is 133 Å². The molecule has 0 saturated carbocycles. The van der Waals surface area contributed by atoms with Crippen LogP contribution in [0.25, 0.3) is 0 Å². The van der Waals surface area contributed by atoms with Crippen LogP contribution in [0, 0.1) is 0 Å². The molecule has 0 fully saturated rings. The van der Waals surface area contributed by atoms with Crippen LogP contribution in [0.5, 0.6) is 0 Å². The van der Waals surface area contributed by atoms with Gasteiger partial charge >= 0.3 is 0 Å². The maximum absolute atomic E-state index is 3.53. The normalized spacial score (nSPS) is 17.3. The number of anilines is 1. The minimum atomic E-state index is 0. The highest BCUT2D eigenvalue weighted by atomic mass is 35.5. The van der Waals surface area contributed by atoms with Crippen molar-refractivity contribution in [2.75, 3.05) is 18.4 Å². The summed E-state index contributed by atoms with van der Waals surface area (Å²) >= 11 is 0. The number of halogens is 1. The summed E-state index contributed by atoms with van der Waals surface area (Å²) in [5.74, 6) is 0.589. The first kappa shape index (κ1) is 15.9. The summed E-state index contributed by atoms with van der Waals surface area (Å²) in [5.41, 5.74) is 5.53. The minimum Gasteiger partial charge on any atom is -0.381 e. The van der Waals surface area contributed by atoms with E-state index in [0.29, 0.717) is 5.92 Å². The molecule has 0 radical (unpaired) electrons. The van der Waals surface area contributed by atoms with Crippen LogP contribution < -0.4 is 10.6 Å². The molecule has 0 aliphatic carbocycles. The third kappa shape index (κ3) is 3.99. The van der Waals surface area contributed by atoms with E-state index in [2.05, 4.69) is 66.1 Å². The van der Waals surface area contributed by atoms with Gasteiger partial charge in [-0.2, -0.15) is 0 Å². The van der Waals surface area contributed by atoms with Gasteiger partial charge in [-0.05, 0) is 47.7 Å². The first-order valence-electron chi connectivity index (χ1n) is 7.44. The van der Waals surface area contributed by atoms with Gasteiger partial charge in [0.25, 0.3) is 0 Å². The predicted octanol–water partition coefficient (Wildman–Crippen LogP) is 3.97. The zero-order chi connectivity index (χ0) is 13.8. The molecule has 2 aromatic rings. The molecule has 1 aliphatic rings. The van der Waals surface area contributed by atoms with Crippen molar-refractivity contribution in [2.45, 2.75) is 25.8 Å². The van der Waals surface area contributed by atoms with Crippen molar-refractivity contribution >= 4 is 18.1 Å². The molecule has 0 unspecified atom stereocenters. The summed E-state index contributed by atoms with van der Waals surface area (Å²) in [6, 6.07) is 17.4. The van der Waals surface area contributed by atoms with Crippen molar-refractivity contribution < 1.29 is 0 Å². The molecule has 2 aromatic carbocycles. The first-order chi connectivity index (χ1) is 9.83. The molecule has 3 heteroatoms. The second-order valence-corrected chi connectivity index (χ2v) is 5.61. The molecule has 1 heterocycles. The summed E-state index contributed by atoms with van der Waals surface area (Å²) in [4.78, 5) is 0. The molecule has 112 valence electrons. The van der Waals surface area contributed by atoms with Gasteiger partial charge in [0.2, 0.25) is 0 Å². The quantitative estimate of drug-likeness (QED) is 0.896. The van der Waals surface area contributed by atoms with Crippen molar-refractivity contribution in [3.8, 4) is 0 Å². The number of nitrogens with one attached hydrogen (secondary N) is 2. The van der Waals surface area contributed by atoms with Crippen LogP contribution in [0.4, 0.5) is 5.69 Å². The monoisotopic (exact) mass is 302 g/mol. The van der Waals surface area contributed by atoms with Crippen molar-refractivity contribution in [3.63, 3.8) is 0 Å². The maximum atomic E-state index is 3.53. The summed E-state index contributed by atoms with van der Waals surface area (Å²) in [6.07, 6.45) is 1.14. The van der Waals surface area contributed by atoms with Gasteiger partial charge in [-0.1, -0.05) is 43.3 Å². The van der Waals surface area contributed by atoms with E-state index in [1.54, 1.807) is 0 Å². The van der Waals surface area contributed by atoms with Crippen LogP contribution in [-0.2, 0) is 13.0 Å². The van der Waals surface area contributed by atoms with E-state index in [1.807, 2.05) is 0 Å². The standard InChI is InChI=1S/C18H22N2.ClH/c1-14-12-19-10-9-16-7-8-17(11-18(14)16)20-13-15-5-3-2-4-6-15;/h2-8,11,14,19-20H,9-10,12-13H2,1H3;1H/t14-;/m1./s1. The second-order valence-electron chi connectivity index (χ2n) is 5.61. The Kier molecular flexibility index (Phi) is 5.66. The molecule has 0 amide bonds. The SMILES string of the molecule is C[C@@H]1CNCCc2ccc(NCc3ccccc3)cc21.Cl. The molecule has 0 bridgehead atoms. The Morgan fingerprint density at radius 3 is 2.76 bits per heavy atom. The number of hydrogen-bond donors (Lipinski definition) is 2. The van der Waals surface area contributed by atoms with E-state index in [1.165, 1.54) is 22.4 Å². The van der Waals surface area contributed by atoms with Gasteiger partial charge in [0.1, 0.15) is 0 Å². The van der Waals surface area contributed by atoms with Crippen LogP contribution >= 0.6 is 12.4 Å². The van der Waals surface area contributed by atoms with Crippen LogP contribution in [0.15, 0.2) is 48.5 Å². The molecule has 21 heavy (non-hydrogen) atoms. The molecule has 1 aliphatic heterocycles. The Bertz CT molecular complexity index is 569. The van der Waals surface area contributed by atoms with E-state index in [4.69, 9.17) is 0 Å². The molecular weight excluding hydrogens is 280 g/mol. The first-order valence-corrected chi connectivity index (χ1v) is 7.44. The fourth-order valence-electron chi connectivity index (χ4n) is 2.84. The van der Waals surface area contributed by atoms with Gasteiger partial charge < -0.3 is 10.6 Å². The Hall–Kier alpha value is -1.51. The Balaban J connectivity index is 0.00000161. The summed E-state index contributed by atoms with van der Waals surface area (Å²) < 4.78 is 0. The molecule has 0 saturated heterocycles. The van der Waals surface area contributed by atoms with Crippen LogP contribution in [0.2, 0.25) is 0 Å². The van der Waals surface area contributed by atoms with E-state index < -0.39 is 0 Å². The average Bonchev–Trinajstić information content (AvgIpc) is 2.68. The molecule has 2 nitrogen and oxygen atoms in total. The lowest BCUT2D eigenvalue weighted by atomic mass is 9.95. The van der Waals surface area contributed by atoms with Crippen LogP contribution in [0.3, 0.4) is 0 Å². The van der Waals surface area contributed by atoms with Gasteiger partial charge in [0.15, 0.2) is 0 Å². The van der Waals surface area contributed by atoms with E-state index in [0.717, 1.165) is 26.1 Å².